The molecule has 0 spiro atoms. The van der Waals surface area contributed by atoms with Crippen molar-refractivity contribution in [2.45, 2.75) is 19.4 Å². The third-order valence-electron chi connectivity index (χ3n) is 4.05. The van der Waals surface area contributed by atoms with E-state index in [1.807, 2.05) is 13.1 Å². The molecular formula is C16H17FN6O. The van der Waals surface area contributed by atoms with Gasteiger partial charge in [0.05, 0.1) is 5.69 Å². The molecule has 8 heteroatoms. The predicted octanol–water partition coefficient (Wildman–Crippen LogP) is 1.21. The summed E-state index contributed by atoms with van der Waals surface area (Å²) in [6, 6.07) is 1.13. The molecule has 0 bridgehead atoms. The van der Waals surface area contributed by atoms with Crippen molar-refractivity contribution in [2.24, 2.45) is 7.05 Å². The maximum atomic E-state index is 14.3. The Hall–Kier alpha value is -2.95. The molecule has 0 saturated carbocycles. The van der Waals surface area contributed by atoms with Crippen molar-refractivity contribution < 1.29 is 9.18 Å². The molecule has 124 valence electrons. The van der Waals surface area contributed by atoms with Gasteiger partial charge in [-0.3, -0.25) is 9.48 Å². The van der Waals surface area contributed by atoms with E-state index in [0.29, 0.717) is 25.1 Å². The van der Waals surface area contributed by atoms with Gasteiger partial charge < -0.3 is 10.2 Å². The number of carbonyl (C=O) groups excluding carboxylic acids is 1. The molecule has 3 rings (SSSR count). The van der Waals surface area contributed by atoms with E-state index in [0.717, 1.165) is 11.3 Å². The third-order valence-corrected chi connectivity index (χ3v) is 4.05. The molecule has 0 aliphatic carbocycles. The fraction of sp³-hybridized carbons (Fsp3) is 0.375. The van der Waals surface area contributed by atoms with Crippen molar-refractivity contribution in [1.29, 1.82) is 5.26 Å². The SMILES string of the molecule is Cc1nn(C)cc1-c1cnc(C(=O)NC2CCN(C#N)C2)c(F)c1. The average Bonchev–Trinajstić information content (AvgIpc) is 3.12. The first-order chi connectivity index (χ1) is 11.5. The van der Waals surface area contributed by atoms with Crippen LogP contribution in [-0.4, -0.2) is 44.7 Å². The van der Waals surface area contributed by atoms with Crippen LogP contribution in [0.25, 0.3) is 11.1 Å². The standard InChI is InChI=1S/C16H17FN6O/c1-10-13(8-22(2)21-10)11-5-14(17)15(19-6-11)16(24)20-12-3-4-23(7-12)9-18/h5-6,8,12H,3-4,7H2,1-2H3,(H,20,24). The van der Waals surface area contributed by atoms with E-state index in [1.165, 1.54) is 12.3 Å². The molecule has 0 aromatic carbocycles. The van der Waals surface area contributed by atoms with Crippen molar-refractivity contribution in [1.82, 2.24) is 25.0 Å². The van der Waals surface area contributed by atoms with Crippen LogP contribution in [0.3, 0.4) is 0 Å². The Morgan fingerprint density at radius 1 is 1.54 bits per heavy atom. The zero-order chi connectivity index (χ0) is 17.3. The van der Waals surface area contributed by atoms with Gasteiger partial charge in [-0.15, -0.1) is 0 Å². The van der Waals surface area contributed by atoms with Gasteiger partial charge in [-0.25, -0.2) is 9.37 Å². The molecular weight excluding hydrogens is 311 g/mol. The number of nitrogens with one attached hydrogen (secondary N) is 1. The minimum Gasteiger partial charge on any atom is -0.346 e. The zero-order valence-corrected chi connectivity index (χ0v) is 13.5. The molecule has 1 amide bonds. The molecule has 1 aliphatic heterocycles. The van der Waals surface area contributed by atoms with Gasteiger partial charge in [0.1, 0.15) is 0 Å². The number of pyridine rings is 1. The number of likely N-dealkylation sites (tertiary alicyclic amines) is 1. The summed E-state index contributed by atoms with van der Waals surface area (Å²) in [4.78, 5) is 17.7. The van der Waals surface area contributed by atoms with Crippen LogP contribution in [0.15, 0.2) is 18.5 Å². The Bertz CT molecular complexity index is 824. The largest absolute Gasteiger partial charge is 0.346 e. The van der Waals surface area contributed by atoms with E-state index in [2.05, 4.69) is 15.4 Å². The summed E-state index contributed by atoms with van der Waals surface area (Å²) in [7, 11) is 1.79. The number of nitrogens with zero attached hydrogens (tertiary/aromatic N) is 5. The molecule has 2 aromatic rings. The topological polar surface area (TPSA) is 86.8 Å². The Morgan fingerprint density at radius 3 is 2.92 bits per heavy atom. The third kappa shape index (κ3) is 3.06. The van der Waals surface area contributed by atoms with E-state index in [1.54, 1.807) is 22.8 Å². The number of carbonyl (C=O) groups is 1. The van der Waals surface area contributed by atoms with Crippen molar-refractivity contribution in [2.75, 3.05) is 13.1 Å². The molecule has 1 atom stereocenters. The number of hydrogen-bond acceptors (Lipinski definition) is 5. The fourth-order valence-corrected chi connectivity index (χ4v) is 2.86. The maximum Gasteiger partial charge on any atom is 0.273 e. The summed E-state index contributed by atoms with van der Waals surface area (Å²) in [6.07, 6.45) is 5.94. The highest BCUT2D eigenvalue weighted by molar-refractivity contribution is 5.93. The number of hydrogen-bond donors (Lipinski definition) is 1. The second-order valence-electron chi connectivity index (χ2n) is 5.86. The van der Waals surface area contributed by atoms with Crippen LogP contribution in [0.1, 0.15) is 22.6 Å². The lowest BCUT2D eigenvalue weighted by molar-refractivity contribution is 0.0929. The fourth-order valence-electron chi connectivity index (χ4n) is 2.86. The molecule has 2 aromatic heterocycles. The van der Waals surface area contributed by atoms with Gasteiger partial charge in [0.15, 0.2) is 17.7 Å². The Balaban J connectivity index is 1.76. The van der Waals surface area contributed by atoms with E-state index in [4.69, 9.17) is 5.26 Å². The first-order valence-corrected chi connectivity index (χ1v) is 7.59. The quantitative estimate of drug-likeness (QED) is 0.856. The highest BCUT2D eigenvalue weighted by Crippen LogP contribution is 2.23. The lowest BCUT2D eigenvalue weighted by Crippen LogP contribution is -2.37. The van der Waals surface area contributed by atoms with Crippen LogP contribution in [0, 0.1) is 24.2 Å². The zero-order valence-electron chi connectivity index (χ0n) is 13.5. The number of amides is 1. The Morgan fingerprint density at radius 2 is 2.33 bits per heavy atom. The molecule has 1 aliphatic rings. The predicted molar refractivity (Wildman–Crippen MR) is 84.2 cm³/mol. The van der Waals surface area contributed by atoms with Gasteiger partial charge in [0, 0.05) is 49.7 Å². The smallest absolute Gasteiger partial charge is 0.273 e. The molecule has 0 radical (unpaired) electrons. The van der Waals surface area contributed by atoms with Crippen LogP contribution < -0.4 is 5.32 Å². The van der Waals surface area contributed by atoms with Gasteiger partial charge in [0.25, 0.3) is 5.91 Å². The average molecular weight is 328 g/mol. The van der Waals surface area contributed by atoms with E-state index in [9.17, 15) is 9.18 Å². The monoisotopic (exact) mass is 328 g/mol. The van der Waals surface area contributed by atoms with E-state index in [-0.39, 0.29) is 11.7 Å². The Labute approximate surface area is 138 Å². The molecule has 1 N–H and O–H groups in total. The van der Waals surface area contributed by atoms with Gasteiger partial charge in [0.2, 0.25) is 0 Å². The molecule has 3 heterocycles. The molecule has 1 saturated heterocycles. The lowest BCUT2D eigenvalue weighted by Gasteiger charge is -2.12. The molecule has 24 heavy (non-hydrogen) atoms. The second kappa shape index (κ2) is 6.28. The summed E-state index contributed by atoms with van der Waals surface area (Å²) in [5.74, 6) is -1.24. The number of rotatable bonds is 3. The van der Waals surface area contributed by atoms with Crippen LogP contribution in [0.4, 0.5) is 4.39 Å². The maximum absolute atomic E-state index is 14.3. The lowest BCUT2D eigenvalue weighted by atomic mass is 10.1. The summed E-state index contributed by atoms with van der Waals surface area (Å²) >= 11 is 0. The van der Waals surface area contributed by atoms with Crippen molar-refractivity contribution in [3.05, 3.63) is 35.7 Å². The Kier molecular flexibility index (Phi) is 4.16. The second-order valence-corrected chi connectivity index (χ2v) is 5.86. The number of nitriles is 1. The molecule has 1 fully saturated rings. The van der Waals surface area contributed by atoms with Crippen molar-refractivity contribution in [3.8, 4) is 17.3 Å². The van der Waals surface area contributed by atoms with Gasteiger partial charge in [-0.05, 0) is 19.4 Å². The van der Waals surface area contributed by atoms with E-state index >= 15 is 0 Å². The highest BCUT2D eigenvalue weighted by Gasteiger charge is 2.25. The minimum atomic E-state index is -0.677. The van der Waals surface area contributed by atoms with Crippen LogP contribution in [0.5, 0.6) is 0 Å². The first-order valence-electron chi connectivity index (χ1n) is 7.59. The van der Waals surface area contributed by atoms with Crippen LogP contribution in [-0.2, 0) is 7.05 Å². The first kappa shape index (κ1) is 15.9. The highest BCUT2D eigenvalue weighted by atomic mass is 19.1. The number of halogens is 1. The summed E-state index contributed by atoms with van der Waals surface area (Å²) in [5.41, 5.74) is 1.87. The minimum absolute atomic E-state index is 0.168. The molecule has 7 nitrogen and oxygen atoms in total. The summed E-state index contributed by atoms with van der Waals surface area (Å²) in [6.45, 7) is 2.86. The summed E-state index contributed by atoms with van der Waals surface area (Å²) < 4.78 is 16.0. The van der Waals surface area contributed by atoms with Crippen molar-refractivity contribution >= 4 is 5.91 Å². The van der Waals surface area contributed by atoms with E-state index < -0.39 is 11.7 Å². The van der Waals surface area contributed by atoms with Gasteiger partial charge >= 0.3 is 0 Å². The van der Waals surface area contributed by atoms with Gasteiger partial charge in [-0.2, -0.15) is 10.4 Å². The van der Waals surface area contributed by atoms with Crippen LogP contribution in [0.2, 0.25) is 0 Å². The number of aryl methyl sites for hydroxylation is 2. The van der Waals surface area contributed by atoms with Crippen LogP contribution >= 0.6 is 0 Å². The van der Waals surface area contributed by atoms with Crippen molar-refractivity contribution in [3.63, 3.8) is 0 Å². The molecule has 1 unspecified atom stereocenters. The summed E-state index contributed by atoms with van der Waals surface area (Å²) in [5, 5.41) is 15.8. The number of aromatic nitrogens is 3. The normalized spacial score (nSPS) is 16.9. The van der Waals surface area contributed by atoms with Gasteiger partial charge in [-0.1, -0.05) is 0 Å².